The molecular formula is C11H14N3O+. The standard InChI is InChI=1S/C11H13N3O/c1-14-3-2-6-5-13-10-9(6)8(14)4-7(12)11(10)15/h4-5,8,13H,2-3,12H2,1H3/p+1. The van der Waals surface area contributed by atoms with E-state index >= 15 is 0 Å². The normalized spacial score (nSPS) is 30.2. The number of likely N-dealkylation sites (N-methyl/N-ethyl adjacent to an activating group) is 1. The van der Waals surface area contributed by atoms with E-state index in [9.17, 15) is 4.79 Å². The molecule has 0 aromatic carbocycles. The molecule has 4 N–H and O–H groups in total. The van der Waals surface area contributed by atoms with Crippen molar-refractivity contribution in [3.63, 3.8) is 0 Å². The molecule has 1 aliphatic carbocycles. The van der Waals surface area contributed by atoms with Gasteiger partial charge in [0, 0.05) is 17.7 Å². The van der Waals surface area contributed by atoms with Crippen molar-refractivity contribution in [2.75, 3.05) is 13.6 Å². The van der Waals surface area contributed by atoms with Gasteiger partial charge in [-0.1, -0.05) is 0 Å². The number of nitrogens with two attached hydrogens (primary N) is 2. The van der Waals surface area contributed by atoms with Gasteiger partial charge < -0.3 is 5.73 Å². The number of nitrogens with zero attached hydrogens (tertiary/aromatic N) is 1. The van der Waals surface area contributed by atoms with E-state index in [2.05, 4.69) is 18.1 Å². The first kappa shape index (κ1) is 8.88. The molecule has 3 aliphatic rings. The second-order valence-electron chi connectivity index (χ2n) is 4.31. The third-order valence-corrected chi connectivity index (χ3v) is 3.44. The summed E-state index contributed by atoms with van der Waals surface area (Å²) in [5.41, 5.74) is 9.43. The van der Waals surface area contributed by atoms with Gasteiger partial charge in [-0.2, -0.15) is 0 Å². The predicted molar refractivity (Wildman–Crippen MR) is 55.3 cm³/mol. The highest BCUT2D eigenvalue weighted by Gasteiger charge is 2.40. The van der Waals surface area contributed by atoms with E-state index in [1.807, 2.05) is 11.4 Å². The lowest BCUT2D eigenvalue weighted by atomic mass is 9.86. The number of Topliss-reactive ketones (excluding diaryl/α,β-unsaturated/α-hetero) is 1. The van der Waals surface area contributed by atoms with Crippen molar-refractivity contribution in [1.82, 2.24) is 4.90 Å². The summed E-state index contributed by atoms with van der Waals surface area (Å²) < 4.78 is 0. The van der Waals surface area contributed by atoms with Crippen molar-refractivity contribution in [2.45, 2.75) is 12.5 Å². The van der Waals surface area contributed by atoms with E-state index in [1.165, 1.54) is 11.1 Å². The van der Waals surface area contributed by atoms with E-state index in [0.29, 0.717) is 5.70 Å². The average molecular weight is 204 g/mol. The van der Waals surface area contributed by atoms with Crippen molar-refractivity contribution >= 4 is 5.78 Å². The van der Waals surface area contributed by atoms with E-state index in [4.69, 9.17) is 5.73 Å². The lowest BCUT2D eigenvalue weighted by Gasteiger charge is -2.34. The summed E-state index contributed by atoms with van der Waals surface area (Å²) in [6.07, 6.45) is 4.98. The molecule has 1 atom stereocenters. The summed E-state index contributed by atoms with van der Waals surface area (Å²) in [7, 11) is 2.07. The highest BCUT2D eigenvalue weighted by atomic mass is 16.1. The van der Waals surface area contributed by atoms with Crippen molar-refractivity contribution in [2.24, 2.45) is 5.73 Å². The van der Waals surface area contributed by atoms with Gasteiger partial charge in [0.25, 0.3) is 5.78 Å². The number of hydrogen-bond donors (Lipinski definition) is 2. The van der Waals surface area contributed by atoms with Gasteiger partial charge in [0.15, 0.2) is 5.70 Å². The first-order valence-electron chi connectivity index (χ1n) is 5.19. The Morgan fingerprint density at radius 3 is 3.20 bits per heavy atom. The highest BCUT2D eigenvalue weighted by molar-refractivity contribution is 6.08. The first-order chi connectivity index (χ1) is 7.18. The van der Waals surface area contributed by atoms with Gasteiger partial charge in [-0.25, -0.2) is 0 Å². The molecule has 1 saturated heterocycles. The lowest BCUT2D eigenvalue weighted by Crippen LogP contribution is -2.76. The number of likely N-dealkylation sites (tertiary alicyclic amines) is 1. The molecule has 0 aromatic rings. The number of carbonyl (C=O) groups excluding carboxylic acids is 1. The van der Waals surface area contributed by atoms with E-state index in [-0.39, 0.29) is 11.8 Å². The topological polar surface area (TPSA) is 62.9 Å². The van der Waals surface area contributed by atoms with Crippen molar-refractivity contribution in [1.29, 1.82) is 0 Å². The number of ketones is 1. The van der Waals surface area contributed by atoms with Crippen LogP contribution in [0.1, 0.15) is 6.42 Å². The molecule has 4 heteroatoms. The molecule has 2 aliphatic heterocycles. The Hall–Kier alpha value is -1.39. The van der Waals surface area contributed by atoms with Crippen molar-refractivity contribution in [3.8, 4) is 0 Å². The summed E-state index contributed by atoms with van der Waals surface area (Å²) in [5, 5.41) is 1.92. The second kappa shape index (κ2) is 2.81. The van der Waals surface area contributed by atoms with Crippen LogP contribution in [0, 0.1) is 0 Å². The van der Waals surface area contributed by atoms with Crippen LogP contribution < -0.4 is 11.1 Å². The van der Waals surface area contributed by atoms with Gasteiger partial charge in [0.05, 0.1) is 11.7 Å². The molecule has 0 amide bonds. The van der Waals surface area contributed by atoms with Crippen molar-refractivity contribution < 1.29 is 10.1 Å². The van der Waals surface area contributed by atoms with Crippen molar-refractivity contribution in [3.05, 3.63) is 34.8 Å². The van der Waals surface area contributed by atoms with Crippen LogP contribution in [0.2, 0.25) is 0 Å². The minimum Gasteiger partial charge on any atom is -0.396 e. The summed E-state index contributed by atoms with van der Waals surface area (Å²) in [6, 6.07) is 0.205. The molecule has 1 unspecified atom stereocenters. The number of carbonyl (C=O) groups is 1. The van der Waals surface area contributed by atoms with Gasteiger partial charge in [0.2, 0.25) is 0 Å². The number of quaternary nitrogens is 1. The second-order valence-corrected chi connectivity index (χ2v) is 4.31. The Balaban J connectivity index is 2.14. The molecule has 0 bridgehead atoms. The smallest absolute Gasteiger partial charge is 0.262 e. The molecule has 3 rings (SSSR count). The number of rotatable bonds is 0. The summed E-state index contributed by atoms with van der Waals surface area (Å²) in [4.78, 5) is 14.1. The minimum atomic E-state index is -0.0113. The van der Waals surface area contributed by atoms with Gasteiger partial charge >= 0.3 is 0 Å². The maximum absolute atomic E-state index is 11.8. The summed E-state index contributed by atoms with van der Waals surface area (Å²) in [6.45, 7) is 1.03. The predicted octanol–water partition coefficient (Wildman–Crippen LogP) is -1.17. The van der Waals surface area contributed by atoms with E-state index < -0.39 is 0 Å². The quantitative estimate of drug-likeness (QED) is 0.522. The summed E-state index contributed by atoms with van der Waals surface area (Å²) in [5.74, 6) is -0.0113. The number of piperidine rings is 1. The van der Waals surface area contributed by atoms with Crippen LogP contribution in [0.15, 0.2) is 34.8 Å². The Kier molecular flexibility index (Phi) is 1.66. The molecule has 15 heavy (non-hydrogen) atoms. The zero-order chi connectivity index (χ0) is 10.6. The molecule has 0 radical (unpaired) electrons. The van der Waals surface area contributed by atoms with Crippen LogP contribution in [0.4, 0.5) is 0 Å². The summed E-state index contributed by atoms with van der Waals surface area (Å²) >= 11 is 0. The van der Waals surface area contributed by atoms with Crippen LogP contribution in [-0.2, 0) is 4.79 Å². The molecule has 4 nitrogen and oxygen atoms in total. The average Bonchev–Trinajstić information content (AvgIpc) is 2.64. The van der Waals surface area contributed by atoms with Gasteiger partial charge in [-0.15, -0.1) is 0 Å². The number of hydrogen-bond acceptors (Lipinski definition) is 3. The molecule has 0 saturated carbocycles. The van der Waals surface area contributed by atoms with Gasteiger partial charge in [-0.05, 0) is 19.5 Å². The van der Waals surface area contributed by atoms with Gasteiger partial charge in [-0.3, -0.25) is 15.0 Å². The molecule has 2 heterocycles. The van der Waals surface area contributed by atoms with Gasteiger partial charge in [0.1, 0.15) is 6.20 Å². The van der Waals surface area contributed by atoms with Crippen LogP contribution in [-0.4, -0.2) is 30.3 Å². The van der Waals surface area contributed by atoms with Crippen LogP contribution in [0.5, 0.6) is 0 Å². The zero-order valence-electron chi connectivity index (χ0n) is 8.66. The van der Waals surface area contributed by atoms with Crippen LogP contribution >= 0.6 is 0 Å². The van der Waals surface area contributed by atoms with E-state index in [1.54, 1.807) is 0 Å². The molecule has 78 valence electrons. The maximum Gasteiger partial charge on any atom is 0.262 e. The molecule has 0 aromatic heterocycles. The fourth-order valence-corrected chi connectivity index (χ4v) is 2.57. The minimum absolute atomic E-state index is 0.0113. The monoisotopic (exact) mass is 204 g/mol. The van der Waals surface area contributed by atoms with Crippen LogP contribution in [0.25, 0.3) is 0 Å². The molecule has 0 spiro atoms. The first-order valence-corrected chi connectivity index (χ1v) is 5.19. The zero-order valence-corrected chi connectivity index (χ0v) is 8.66. The van der Waals surface area contributed by atoms with E-state index in [0.717, 1.165) is 18.7 Å². The lowest BCUT2D eigenvalue weighted by molar-refractivity contribution is -0.525. The third kappa shape index (κ3) is 1.06. The van der Waals surface area contributed by atoms with Crippen LogP contribution in [0.3, 0.4) is 0 Å². The maximum atomic E-state index is 11.8. The largest absolute Gasteiger partial charge is 0.396 e. The highest BCUT2D eigenvalue weighted by Crippen LogP contribution is 2.33. The fourth-order valence-electron chi connectivity index (χ4n) is 2.57. The Bertz CT molecular complexity index is 445. The fraction of sp³-hybridized carbons (Fsp3) is 0.364. The Morgan fingerprint density at radius 2 is 2.40 bits per heavy atom. The SMILES string of the molecule is CN1CCC2=C[NH2+]C3=C2C1C=C(N)C3=O. The Labute approximate surface area is 88.1 Å². The third-order valence-electron chi connectivity index (χ3n) is 3.44. The molecule has 1 fully saturated rings. The Morgan fingerprint density at radius 1 is 1.60 bits per heavy atom. The molecular weight excluding hydrogens is 190 g/mol.